The van der Waals surface area contributed by atoms with Crippen molar-refractivity contribution in [2.24, 2.45) is 5.92 Å². The smallest absolute Gasteiger partial charge is 0.0852 e. The molecule has 4 aliphatic carbocycles. The van der Waals surface area contributed by atoms with Gasteiger partial charge in [-0.05, 0) is 135 Å². The summed E-state index contributed by atoms with van der Waals surface area (Å²) in [6, 6.07) is 27.0. The zero-order valence-electron chi connectivity index (χ0n) is 34.0. The van der Waals surface area contributed by atoms with E-state index in [1.807, 2.05) is 7.11 Å². The molecule has 278 valence electrons. The van der Waals surface area contributed by atoms with Gasteiger partial charge in [-0.3, -0.25) is 0 Å². The van der Waals surface area contributed by atoms with Gasteiger partial charge < -0.3 is 9.84 Å². The fraction of sp³-hybridized carbons (Fsp3) is 0.451. The first-order chi connectivity index (χ1) is 25.1. The third-order valence-electron chi connectivity index (χ3n) is 12.5. The van der Waals surface area contributed by atoms with Crippen molar-refractivity contribution in [3.8, 4) is 0 Å². The molecule has 0 saturated carbocycles. The van der Waals surface area contributed by atoms with E-state index in [1.54, 1.807) is 5.57 Å². The average Bonchev–Trinajstić information content (AvgIpc) is 3.86. The fourth-order valence-electron chi connectivity index (χ4n) is 9.38. The second-order valence-electron chi connectivity index (χ2n) is 18.9. The Morgan fingerprint density at radius 2 is 1.34 bits per heavy atom. The van der Waals surface area contributed by atoms with Crippen molar-refractivity contribution < 1.29 is 9.84 Å². The number of fused-ring (bicyclic) bond motifs is 4. The molecule has 0 aliphatic heterocycles. The van der Waals surface area contributed by atoms with Crippen LogP contribution < -0.4 is 0 Å². The quantitative estimate of drug-likeness (QED) is 0.207. The molecule has 0 radical (unpaired) electrons. The van der Waals surface area contributed by atoms with Crippen molar-refractivity contribution in [3.63, 3.8) is 0 Å². The molecule has 0 fully saturated rings. The normalized spacial score (nSPS) is 19.5. The summed E-state index contributed by atoms with van der Waals surface area (Å²) in [6.07, 6.45) is 14.0. The standard InChI is InChI=1S/C26H34O2.C25H28/c1-17-12-22-18(13-21(25(2,3)4)14-23(22)24(17)28-5)10-11-26(27)15-19-8-6-7-9-20(19)16-26;1-17-11-22-16-23(25(2,3)4)15-21(24(22)12-17)10-9-18-13-19-7-5-6-8-20(19)14-18/h6-9,13-14,17,24,27H,10-12,15-16H2,1-5H3;5-8,12-13,15-16H,9-11,14H2,1-4H3. The van der Waals surface area contributed by atoms with E-state index >= 15 is 0 Å². The van der Waals surface area contributed by atoms with Gasteiger partial charge in [-0.2, -0.15) is 0 Å². The Hall–Kier alpha value is -3.72. The molecule has 4 aliphatic rings. The summed E-state index contributed by atoms with van der Waals surface area (Å²) in [5, 5.41) is 11.3. The van der Waals surface area contributed by atoms with Crippen LogP contribution in [0.2, 0.25) is 0 Å². The molecule has 4 aromatic rings. The van der Waals surface area contributed by atoms with E-state index in [2.05, 4.69) is 140 Å². The summed E-state index contributed by atoms with van der Waals surface area (Å²) >= 11 is 0. The van der Waals surface area contributed by atoms with Gasteiger partial charge in [0.1, 0.15) is 0 Å². The molecule has 4 aromatic carbocycles. The van der Waals surface area contributed by atoms with E-state index in [0.29, 0.717) is 5.92 Å². The van der Waals surface area contributed by atoms with Gasteiger partial charge in [-0.15, -0.1) is 0 Å². The number of methoxy groups -OCH3 is 1. The summed E-state index contributed by atoms with van der Waals surface area (Å²) in [4.78, 5) is 0. The van der Waals surface area contributed by atoms with E-state index < -0.39 is 5.60 Å². The summed E-state index contributed by atoms with van der Waals surface area (Å²) in [6.45, 7) is 18.4. The van der Waals surface area contributed by atoms with E-state index in [4.69, 9.17) is 4.74 Å². The molecule has 0 spiro atoms. The molecule has 0 heterocycles. The lowest BCUT2D eigenvalue weighted by Gasteiger charge is -2.26. The largest absolute Gasteiger partial charge is 0.389 e. The fourth-order valence-corrected chi connectivity index (χ4v) is 9.38. The zero-order chi connectivity index (χ0) is 37.7. The maximum atomic E-state index is 11.3. The van der Waals surface area contributed by atoms with Crippen LogP contribution in [0.4, 0.5) is 0 Å². The third-order valence-corrected chi connectivity index (χ3v) is 12.5. The molecule has 2 nitrogen and oxygen atoms in total. The van der Waals surface area contributed by atoms with Crippen molar-refractivity contribution in [1.82, 2.24) is 0 Å². The van der Waals surface area contributed by atoms with E-state index in [9.17, 15) is 5.11 Å². The molecule has 2 heteroatoms. The van der Waals surface area contributed by atoms with Gasteiger partial charge in [0, 0.05) is 20.0 Å². The molecule has 0 bridgehead atoms. The van der Waals surface area contributed by atoms with Gasteiger partial charge in [0.05, 0.1) is 11.7 Å². The highest BCUT2D eigenvalue weighted by atomic mass is 16.5. The predicted octanol–water partition coefficient (Wildman–Crippen LogP) is 11.8. The Morgan fingerprint density at radius 3 is 1.98 bits per heavy atom. The number of hydrogen-bond acceptors (Lipinski definition) is 2. The lowest BCUT2D eigenvalue weighted by Crippen LogP contribution is -2.30. The van der Waals surface area contributed by atoms with Gasteiger partial charge >= 0.3 is 0 Å². The highest BCUT2D eigenvalue weighted by Crippen LogP contribution is 2.43. The number of ether oxygens (including phenoxy) is 1. The van der Waals surface area contributed by atoms with Crippen LogP contribution >= 0.6 is 0 Å². The highest BCUT2D eigenvalue weighted by Gasteiger charge is 2.37. The number of allylic oxidation sites excluding steroid dienone is 2. The van der Waals surface area contributed by atoms with Gasteiger partial charge in [0.2, 0.25) is 0 Å². The topological polar surface area (TPSA) is 29.5 Å². The summed E-state index contributed by atoms with van der Waals surface area (Å²) in [5.41, 5.74) is 20.0. The summed E-state index contributed by atoms with van der Waals surface area (Å²) < 4.78 is 5.86. The van der Waals surface area contributed by atoms with Crippen LogP contribution in [-0.4, -0.2) is 17.8 Å². The van der Waals surface area contributed by atoms with E-state index in [-0.39, 0.29) is 16.9 Å². The van der Waals surface area contributed by atoms with Gasteiger partial charge in [-0.1, -0.05) is 145 Å². The Bertz CT molecular complexity index is 2030. The zero-order valence-corrected chi connectivity index (χ0v) is 34.0. The molecule has 53 heavy (non-hydrogen) atoms. The summed E-state index contributed by atoms with van der Waals surface area (Å²) in [7, 11) is 1.83. The van der Waals surface area contributed by atoms with Crippen molar-refractivity contribution >= 4 is 12.2 Å². The number of rotatable bonds is 7. The minimum absolute atomic E-state index is 0.106. The maximum absolute atomic E-state index is 11.3. The minimum atomic E-state index is -0.612. The lowest BCUT2D eigenvalue weighted by molar-refractivity contribution is 0.0426. The van der Waals surface area contributed by atoms with Crippen molar-refractivity contribution in [1.29, 1.82) is 0 Å². The number of aryl methyl sites for hydroxylation is 2. The van der Waals surface area contributed by atoms with E-state index in [0.717, 1.165) is 51.4 Å². The number of benzene rings is 4. The molecular weight excluding hydrogens is 645 g/mol. The molecule has 0 aromatic heterocycles. The molecule has 0 saturated heterocycles. The molecule has 1 N–H and O–H groups in total. The van der Waals surface area contributed by atoms with Crippen LogP contribution in [0.15, 0.2) is 83.9 Å². The number of hydrogen-bond donors (Lipinski definition) is 1. The van der Waals surface area contributed by atoms with Crippen LogP contribution in [0, 0.1) is 5.92 Å². The second kappa shape index (κ2) is 14.5. The first-order valence-electron chi connectivity index (χ1n) is 20.2. The third kappa shape index (κ3) is 8.06. The second-order valence-corrected chi connectivity index (χ2v) is 18.9. The monoisotopic (exact) mass is 706 g/mol. The van der Waals surface area contributed by atoms with Gasteiger partial charge in [0.25, 0.3) is 0 Å². The highest BCUT2D eigenvalue weighted by molar-refractivity contribution is 5.68. The molecule has 8 rings (SSSR count). The molecule has 2 unspecified atom stereocenters. The van der Waals surface area contributed by atoms with Crippen LogP contribution in [0.3, 0.4) is 0 Å². The minimum Gasteiger partial charge on any atom is -0.389 e. The predicted molar refractivity (Wildman–Crippen MR) is 224 cm³/mol. The first kappa shape index (κ1) is 37.6. The SMILES string of the molecule is CC1=Cc2c(CCC3=Cc4ccccc4C3)cc(C(C)(C)C)cc2C1.COC1c2cc(C(C)(C)C)cc(CCC3(O)Cc4ccccc4C3)c2CC1C. The number of aliphatic hydroxyl groups is 1. The van der Waals surface area contributed by atoms with Crippen molar-refractivity contribution in [3.05, 3.63) is 151 Å². The Kier molecular flexibility index (Phi) is 10.3. The molecule has 0 amide bonds. The van der Waals surface area contributed by atoms with Crippen molar-refractivity contribution in [2.45, 2.75) is 136 Å². The van der Waals surface area contributed by atoms with E-state index in [1.165, 1.54) is 78.8 Å². The van der Waals surface area contributed by atoms with Gasteiger partial charge in [0.15, 0.2) is 0 Å². The van der Waals surface area contributed by atoms with Crippen molar-refractivity contribution in [2.75, 3.05) is 7.11 Å². The molecular formula is C51H62O2. The lowest BCUT2D eigenvalue weighted by atomic mass is 9.82. The maximum Gasteiger partial charge on any atom is 0.0852 e. The average molecular weight is 707 g/mol. The Labute approximate surface area is 320 Å². The Morgan fingerprint density at radius 1 is 0.717 bits per heavy atom. The van der Waals surface area contributed by atoms with Crippen LogP contribution in [-0.2, 0) is 60.5 Å². The van der Waals surface area contributed by atoms with Crippen LogP contribution in [0.25, 0.3) is 12.2 Å². The first-order valence-corrected chi connectivity index (χ1v) is 20.2. The van der Waals surface area contributed by atoms with Gasteiger partial charge in [-0.25, -0.2) is 0 Å². The Balaban J connectivity index is 0.000000165. The van der Waals surface area contributed by atoms with Crippen LogP contribution in [0.5, 0.6) is 0 Å². The molecule has 2 atom stereocenters. The summed E-state index contributed by atoms with van der Waals surface area (Å²) in [5.74, 6) is 0.507. The van der Waals surface area contributed by atoms with Crippen LogP contribution in [0.1, 0.15) is 141 Å².